The Labute approximate surface area is 96.3 Å². The quantitative estimate of drug-likeness (QED) is 0.592. The summed E-state index contributed by atoms with van der Waals surface area (Å²) < 4.78 is 5.06. The topological polar surface area (TPSA) is 63.6 Å². The van der Waals surface area contributed by atoms with Crippen LogP contribution in [0, 0.1) is 5.92 Å². The van der Waals surface area contributed by atoms with Crippen molar-refractivity contribution in [2.75, 3.05) is 0 Å². The minimum atomic E-state index is -1.07. The van der Waals surface area contributed by atoms with Crippen LogP contribution in [0.3, 0.4) is 0 Å². The smallest absolute Gasteiger partial charge is 0.331 e. The van der Waals surface area contributed by atoms with E-state index in [4.69, 9.17) is 9.84 Å². The van der Waals surface area contributed by atoms with Gasteiger partial charge in [0.2, 0.25) is 0 Å². The molecule has 4 nitrogen and oxygen atoms in total. The lowest BCUT2D eigenvalue weighted by atomic mass is 10.1. The molecule has 0 saturated carbocycles. The van der Waals surface area contributed by atoms with Gasteiger partial charge in [0, 0.05) is 5.57 Å². The number of carbonyl (C=O) groups is 2. The summed E-state index contributed by atoms with van der Waals surface area (Å²) >= 11 is 0. The van der Waals surface area contributed by atoms with Crippen LogP contribution in [0.1, 0.15) is 41.0 Å². The minimum Gasteiger partial charge on any atom is -0.478 e. The zero-order valence-corrected chi connectivity index (χ0v) is 10.5. The van der Waals surface area contributed by atoms with E-state index in [1.807, 2.05) is 13.8 Å². The van der Waals surface area contributed by atoms with Gasteiger partial charge in [-0.1, -0.05) is 19.9 Å². The zero-order chi connectivity index (χ0) is 12.9. The van der Waals surface area contributed by atoms with Gasteiger partial charge in [-0.2, -0.15) is 0 Å². The minimum absolute atomic E-state index is 0.0873. The Kier molecular flexibility index (Phi) is 5.21. The van der Waals surface area contributed by atoms with Crippen LogP contribution in [-0.2, 0) is 14.3 Å². The van der Waals surface area contributed by atoms with Gasteiger partial charge in [-0.25, -0.2) is 4.79 Å². The Morgan fingerprint density at radius 2 is 1.81 bits per heavy atom. The Hall–Kier alpha value is -1.32. The zero-order valence-electron chi connectivity index (χ0n) is 10.5. The van der Waals surface area contributed by atoms with Crippen LogP contribution < -0.4 is 0 Å². The number of carbonyl (C=O) groups excluding carboxylic acids is 1. The van der Waals surface area contributed by atoms with Crippen molar-refractivity contribution in [2.24, 2.45) is 5.92 Å². The molecule has 0 bridgehead atoms. The van der Waals surface area contributed by atoms with E-state index in [0.29, 0.717) is 0 Å². The Morgan fingerprint density at radius 3 is 2.12 bits per heavy atom. The molecule has 0 unspecified atom stereocenters. The van der Waals surface area contributed by atoms with E-state index < -0.39 is 17.5 Å². The van der Waals surface area contributed by atoms with Gasteiger partial charge in [-0.3, -0.25) is 4.79 Å². The van der Waals surface area contributed by atoms with Gasteiger partial charge >= 0.3 is 11.9 Å². The van der Waals surface area contributed by atoms with Crippen LogP contribution in [0.5, 0.6) is 0 Å². The third kappa shape index (κ3) is 7.04. The molecule has 16 heavy (non-hydrogen) atoms. The van der Waals surface area contributed by atoms with Crippen LogP contribution in [-0.4, -0.2) is 22.6 Å². The maximum absolute atomic E-state index is 11.4. The number of rotatable bonds is 4. The van der Waals surface area contributed by atoms with Crippen molar-refractivity contribution in [1.29, 1.82) is 0 Å². The number of ether oxygens (including phenoxy) is 1. The highest BCUT2D eigenvalue weighted by molar-refractivity contribution is 5.92. The molecule has 92 valence electrons. The highest BCUT2D eigenvalue weighted by Crippen LogP contribution is 2.13. The Morgan fingerprint density at radius 1 is 1.31 bits per heavy atom. The summed E-state index contributed by atoms with van der Waals surface area (Å²) in [6.07, 6.45) is 1.37. The van der Waals surface area contributed by atoms with Crippen molar-refractivity contribution < 1.29 is 19.4 Å². The third-order valence-electron chi connectivity index (χ3n) is 1.56. The summed E-state index contributed by atoms with van der Waals surface area (Å²) in [5.41, 5.74) is -0.498. The summed E-state index contributed by atoms with van der Waals surface area (Å²) in [6.45, 7) is 8.96. The molecule has 0 aromatic heterocycles. The van der Waals surface area contributed by atoms with Crippen molar-refractivity contribution in [2.45, 2.75) is 46.6 Å². The van der Waals surface area contributed by atoms with Crippen molar-refractivity contribution in [3.05, 3.63) is 11.6 Å². The molecule has 0 aromatic carbocycles. The lowest BCUT2D eigenvalue weighted by Gasteiger charge is -2.19. The lowest BCUT2D eigenvalue weighted by molar-refractivity contribution is -0.155. The molecule has 0 amide bonds. The largest absolute Gasteiger partial charge is 0.478 e. The molecule has 0 heterocycles. The molecule has 0 spiro atoms. The SMILES string of the molecule is CC(C)/C=C(\CC(=O)OC(C)(C)C)C(=O)O. The number of carboxylic acid groups (broad SMARTS) is 1. The van der Waals surface area contributed by atoms with E-state index in [-0.39, 0.29) is 17.9 Å². The van der Waals surface area contributed by atoms with E-state index in [1.54, 1.807) is 26.8 Å². The van der Waals surface area contributed by atoms with Crippen LogP contribution >= 0.6 is 0 Å². The number of aliphatic carboxylic acids is 1. The summed E-state index contributed by atoms with van der Waals surface area (Å²) in [5, 5.41) is 8.89. The molecule has 0 atom stereocenters. The van der Waals surface area contributed by atoms with Crippen molar-refractivity contribution in [1.82, 2.24) is 0 Å². The molecule has 0 aliphatic heterocycles. The van der Waals surface area contributed by atoms with E-state index in [1.165, 1.54) is 0 Å². The predicted molar refractivity (Wildman–Crippen MR) is 61.0 cm³/mol. The molecule has 0 rings (SSSR count). The molecule has 0 aliphatic rings. The van der Waals surface area contributed by atoms with Gasteiger partial charge in [0.25, 0.3) is 0 Å². The van der Waals surface area contributed by atoms with E-state index in [9.17, 15) is 9.59 Å². The number of esters is 1. The summed E-state index contributed by atoms with van der Waals surface area (Å²) in [6, 6.07) is 0. The lowest BCUT2D eigenvalue weighted by Crippen LogP contribution is -2.24. The summed E-state index contributed by atoms with van der Waals surface area (Å²) in [7, 11) is 0. The molecule has 0 aliphatic carbocycles. The number of carboxylic acids is 1. The average Bonchev–Trinajstić information content (AvgIpc) is 1.97. The Balaban J connectivity index is 4.55. The molecule has 1 N–H and O–H groups in total. The fraction of sp³-hybridized carbons (Fsp3) is 0.667. The number of hydrogen-bond donors (Lipinski definition) is 1. The van der Waals surface area contributed by atoms with Crippen molar-refractivity contribution in [3.8, 4) is 0 Å². The van der Waals surface area contributed by atoms with Crippen molar-refractivity contribution >= 4 is 11.9 Å². The van der Waals surface area contributed by atoms with E-state index in [2.05, 4.69) is 0 Å². The predicted octanol–water partition coefficient (Wildman–Crippen LogP) is 2.39. The molecule has 0 radical (unpaired) electrons. The Bertz CT molecular complexity index is 295. The fourth-order valence-electron chi connectivity index (χ4n) is 1.14. The second-order valence-electron chi connectivity index (χ2n) is 5.00. The van der Waals surface area contributed by atoms with Gasteiger partial charge in [-0.05, 0) is 26.7 Å². The average molecular weight is 228 g/mol. The highest BCUT2D eigenvalue weighted by Gasteiger charge is 2.20. The van der Waals surface area contributed by atoms with Crippen LogP contribution in [0.15, 0.2) is 11.6 Å². The standard InChI is InChI=1S/C12H20O4/c1-8(2)6-9(11(14)15)7-10(13)16-12(3,4)5/h6,8H,7H2,1-5H3,(H,14,15)/b9-6+. The van der Waals surface area contributed by atoms with Gasteiger partial charge in [0.15, 0.2) is 0 Å². The van der Waals surface area contributed by atoms with Crippen LogP contribution in [0.2, 0.25) is 0 Å². The molecule has 0 fully saturated rings. The van der Waals surface area contributed by atoms with Gasteiger partial charge < -0.3 is 9.84 Å². The van der Waals surface area contributed by atoms with Crippen LogP contribution in [0.25, 0.3) is 0 Å². The van der Waals surface area contributed by atoms with Crippen molar-refractivity contribution in [3.63, 3.8) is 0 Å². The molecule has 0 aromatic rings. The first-order valence-corrected chi connectivity index (χ1v) is 5.27. The normalized spacial score (nSPS) is 12.8. The molecule has 4 heteroatoms. The first-order chi connectivity index (χ1) is 7.11. The van der Waals surface area contributed by atoms with E-state index >= 15 is 0 Å². The monoisotopic (exact) mass is 228 g/mol. The fourth-order valence-corrected chi connectivity index (χ4v) is 1.14. The first kappa shape index (κ1) is 14.7. The van der Waals surface area contributed by atoms with Gasteiger partial charge in [-0.15, -0.1) is 0 Å². The number of allylic oxidation sites excluding steroid dienone is 1. The second kappa shape index (κ2) is 5.68. The third-order valence-corrected chi connectivity index (χ3v) is 1.56. The van der Waals surface area contributed by atoms with Gasteiger partial charge in [0.05, 0.1) is 6.42 Å². The van der Waals surface area contributed by atoms with Crippen LogP contribution in [0.4, 0.5) is 0 Å². The van der Waals surface area contributed by atoms with E-state index in [0.717, 1.165) is 0 Å². The molecular formula is C12H20O4. The highest BCUT2D eigenvalue weighted by atomic mass is 16.6. The maximum Gasteiger partial charge on any atom is 0.331 e. The first-order valence-electron chi connectivity index (χ1n) is 5.27. The van der Waals surface area contributed by atoms with Gasteiger partial charge in [0.1, 0.15) is 5.60 Å². The summed E-state index contributed by atoms with van der Waals surface area (Å²) in [4.78, 5) is 22.3. The summed E-state index contributed by atoms with van der Waals surface area (Å²) in [5.74, 6) is -1.49. The second-order valence-corrected chi connectivity index (χ2v) is 5.00. The number of hydrogen-bond acceptors (Lipinski definition) is 3. The maximum atomic E-state index is 11.4. The molecular weight excluding hydrogens is 208 g/mol. The molecule has 0 saturated heterocycles.